The first kappa shape index (κ1) is 20.9. The van der Waals surface area contributed by atoms with Gasteiger partial charge in [0.1, 0.15) is 5.78 Å². The summed E-state index contributed by atoms with van der Waals surface area (Å²) in [7, 11) is 0. The Morgan fingerprint density at radius 1 is 1.04 bits per heavy atom. The van der Waals surface area contributed by atoms with E-state index in [1.165, 1.54) is 22.3 Å². The number of hydrogen-bond acceptors (Lipinski definition) is 2. The molecule has 1 fully saturated rings. The van der Waals surface area contributed by atoms with Gasteiger partial charge in [0.25, 0.3) is 0 Å². The summed E-state index contributed by atoms with van der Waals surface area (Å²) in [4.78, 5) is 11.9. The van der Waals surface area contributed by atoms with Crippen LogP contribution in [0, 0.1) is 5.92 Å². The van der Waals surface area contributed by atoms with Crippen molar-refractivity contribution in [2.75, 3.05) is 0 Å². The van der Waals surface area contributed by atoms with Crippen molar-refractivity contribution in [3.05, 3.63) is 47.0 Å². The fraction of sp³-hybridized carbons (Fsp3) is 0.625. The van der Waals surface area contributed by atoms with Crippen LogP contribution < -0.4 is 0 Å². The van der Waals surface area contributed by atoms with Gasteiger partial charge in [0.2, 0.25) is 0 Å². The number of ketones is 1. The smallest absolute Gasteiger partial charge is 0.141 e. The summed E-state index contributed by atoms with van der Waals surface area (Å²) < 4.78 is 6.42. The normalized spacial score (nSPS) is 21.4. The highest BCUT2D eigenvalue weighted by Crippen LogP contribution is 2.40. The number of benzene rings is 1. The second-order valence-corrected chi connectivity index (χ2v) is 8.70. The predicted octanol–water partition coefficient (Wildman–Crippen LogP) is 6.67. The summed E-state index contributed by atoms with van der Waals surface area (Å²) in [5, 5.41) is 0. The Morgan fingerprint density at radius 3 is 1.96 bits per heavy atom. The highest BCUT2D eigenvalue weighted by atomic mass is 16.5. The SMILES string of the molecule is C=CC[C@@H]1C(=O)C[C@@H]1O[C@H](C)c1c(C(C)C)cc(C(C)C)cc1C(C)C. The lowest BCUT2D eigenvalue weighted by molar-refractivity contribution is -0.150. The van der Waals surface area contributed by atoms with Crippen LogP contribution in [0.1, 0.15) is 107 Å². The largest absolute Gasteiger partial charge is 0.369 e. The number of carbonyl (C=O) groups excluding carboxylic acids is 1. The first-order valence-electron chi connectivity index (χ1n) is 10.1. The molecule has 0 radical (unpaired) electrons. The molecule has 0 amide bonds. The highest BCUT2D eigenvalue weighted by molar-refractivity contribution is 5.88. The predicted molar refractivity (Wildman–Crippen MR) is 110 cm³/mol. The molecule has 0 saturated heterocycles. The average Bonchev–Trinajstić information content (AvgIpc) is 2.57. The number of Topliss-reactive ketones (excluding diaryl/α,β-unsaturated/α-hetero) is 1. The third kappa shape index (κ3) is 4.28. The van der Waals surface area contributed by atoms with Crippen molar-refractivity contribution in [3.8, 4) is 0 Å². The molecule has 1 aliphatic rings. The van der Waals surface area contributed by atoms with Crippen LogP contribution in [0.5, 0.6) is 0 Å². The number of carbonyl (C=O) groups is 1. The van der Waals surface area contributed by atoms with Gasteiger partial charge >= 0.3 is 0 Å². The molecule has 2 nitrogen and oxygen atoms in total. The molecule has 0 N–H and O–H groups in total. The van der Waals surface area contributed by atoms with Gasteiger partial charge in [0.15, 0.2) is 0 Å². The number of hydrogen-bond donors (Lipinski definition) is 0. The Labute approximate surface area is 160 Å². The molecule has 0 heterocycles. The van der Waals surface area contributed by atoms with Crippen molar-refractivity contribution < 1.29 is 9.53 Å². The Balaban J connectivity index is 2.39. The minimum absolute atomic E-state index is 0.00331. The van der Waals surface area contributed by atoms with Gasteiger partial charge in [0, 0.05) is 12.3 Å². The van der Waals surface area contributed by atoms with Crippen molar-refractivity contribution >= 4 is 5.78 Å². The van der Waals surface area contributed by atoms with E-state index in [1.807, 2.05) is 6.08 Å². The Hall–Kier alpha value is -1.41. The van der Waals surface area contributed by atoms with Gasteiger partial charge in [-0.25, -0.2) is 0 Å². The number of ether oxygens (including phenoxy) is 1. The van der Waals surface area contributed by atoms with Crippen LogP contribution >= 0.6 is 0 Å². The molecule has 2 heteroatoms. The van der Waals surface area contributed by atoms with Crippen LogP contribution in [-0.2, 0) is 9.53 Å². The second-order valence-electron chi connectivity index (χ2n) is 8.70. The summed E-state index contributed by atoms with van der Waals surface area (Å²) in [5.41, 5.74) is 5.50. The molecular weight excluding hydrogens is 320 g/mol. The molecule has 1 aromatic carbocycles. The van der Waals surface area contributed by atoms with E-state index in [0.29, 0.717) is 30.0 Å². The molecule has 0 unspecified atom stereocenters. The van der Waals surface area contributed by atoms with Gasteiger partial charge in [-0.15, -0.1) is 6.58 Å². The van der Waals surface area contributed by atoms with Crippen LogP contribution in [0.4, 0.5) is 0 Å². The van der Waals surface area contributed by atoms with Gasteiger partial charge < -0.3 is 4.74 Å². The lowest BCUT2D eigenvalue weighted by Gasteiger charge is -2.37. The maximum atomic E-state index is 11.9. The molecule has 1 saturated carbocycles. The van der Waals surface area contributed by atoms with Crippen molar-refractivity contribution in [2.45, 2.75) is 91.3 Å². The summed E-state index contributed by atoms with van der Waals surface area (Å²) in [6.07, 6.45) is 3.12. The zero-order valence-electron chi connectivity index (χ0n) is 17.6. The van der Waals surface area contributed by atoms with Gasteiger partial charge in [0.05, 0.1) is 12.2 Å². The standard InChI is InChI=1S/C24H36O2/c1-9-10-19-22(25)13-23(19)26-17(8)24-20(15(4)5)11-18(14(2)3)12-21(24)16(6)7/h9,11-12,14-17,19,23H,1,10,13H2,2-8H3/t17-,19-,23+/m1/s1. The van der Waals surface area contributed by atoms with E-state index in [4.69, 9.17) is 4.74 Å². The van der Waals surface area contributed by atoms with Crippen LogP contribution in [0.2, 0.25) is 0 Å². The fourth-order valence-corrected chi connectivity index (χ4v) is 3.96. The van der Waals surface area contributed by atoms with E-state index in [9.17, 15) is 4.79 Å². The van der Waals surface area contributed by atoms with E-state index in [-0.39, 0.29) is 18.1 Å². The quantitative estimate of drug-likeness (QED) is 0.486. The van der Waals surface area contributed by atoms with Crippen molar-refractivity contribution in [2.24, 2.45) is 5.92 Å². The van der Waals surface area contributed by atoms with Crippen LogP contribution in [-0.4, -0.2) is 11.9 Å². The lowest BCUT2D eigenvalue weighted by atomic mass is 9.77. The molecular formula is C24H36O2. The highest BCUT2D eigenvalue weighted by Gasteiger charge is 2.41. The van der Waals surface area contributed by atoms with Gasteiger partial charge in [-0.2, -0.15) is 0 Å². The van der Waals surface area contributed by atoms with E-state index in [1.54, 1.807) is 0 Å². The summed E-state index contributed by atoms with van der Waals surface area (Å²) in [5.74, 6) is 1.70. The summed E-state index contributed by atoms with van der Waals surface area (Å²) in [6, 6.07) is 4.73. The maximum absolute atomic E-state index is 11.9. The van der Waals surface area contributed by atoms with E-state index >= 15 is 0 Å². The molecule has 1 aromatic rings. The maximum Gasteiger partial charge on any atom is 0.141 e. The van der Waals surface area contributed by atoms with Crippen LogP contribution in [0.25, 0.3) is 0 Å². The van der Waals surface area contributed by atoms with Crippen molar-refractivity contribution in [3.63, 3.8) is 0 Å². The minimum Gasteiger partial charge on any atom is -0.369 e. The molecule has 144 valence electrons. The monoisotopic (exact) mass is 356 g/mol. The number of allylic oxidation sites excluding steroid dienone is 1. The van der Waals surface area contributed by atoms with Gasteiger partial charge in [-0.1, -0.05) is 59.8 Å². The fourth-order valence-electron chi connectivity index (χ4n) is 3.96. The zero-order valence-corrected chi connectivity index (χ0v) is 17.6. The number of rotatable bonds is 8. The Kier molecular flexibility index (Phi) is 6.85. The topological polar surface area (TPSA) is 26.3 Å². The van der Waals surface area contributed by atoms with Crippen molar-refractivity contribution in [1.29, 1.82) is 0 Å². The minimum atomic E-state index is -0.00473. The molecule has 3 atom stereocenters. The zero-order chi connectivity index (χ0) is 19.6. The van der Waals surface area contributed by atoms with E-state index < -0.39 is 0 Å². The molecule has 0 spiro atoms. The third-order valence-corrected chi connectivity index (χ3v) is 5.65. The summed E-state index contributed by atoms with van der Waals surface area (Å²) >= 11 is 0. The summed E-state index contributed by atoms with van der Waals surface area (Å²) in [6.45, 7) is 19.5. The lowest BCUT2D eigenvalue weighted by Crippen LogP contribution is -2.44. The second kappa shape index (κ2) is 8.52. The van der Waals surface area contributed by atoms with E-state index in [2.05, 4.69) is 67.2 Å². The van der Waals surface area contributed by atoms with Crippen molar-refractivity contribution in [1.82, 2.24) is 0 Å². The average molecular weight is 357 g/mol. The Bertz CT molecular complexity index is 625. The van der Waals surface area contributed by atoms with E-state index in [0.717, 1.165) is 6.42 Å². The first-order chi connectivity index (χ1) is 12.2. The molecule has 26 heavy (non-hydrogen) atoms. The molecule has 1 aliphatic carbocycles. The van der Waals surface area contributed by atoms with Gasteiger partial charge in [-0.3, -0.25) is 4.79 Å². The van der Waals surface area contributed by atoms with Crippen LogP contribution in [0.15, 0.2) is 24.8 Å². The third-order valence-electron chi connectivity index (χ3n) is 5.65. The first-order valence-corrected chi connectivity index (χ1v) is 10.1. The molecule has 0 bridgehead atoms. The molecule has 2 rings (SSSR count). The Morgan fingerprint density at radius 2 is 1.58 bits per heavy atom. The molecule has 0 aliphatic heterocycles. The molecule has 0 aromatic heterocycles. The van der Waals surface area contributed by atoms with Gasteiger partial charge in [-0.05, 0) is 53.4 Å². The van der Waals surface area contributed by atoms with Crippen LogP contribution in [0.3, 0.4) is 0 Å².